The van der Waals surface area contributed by atoms with Gasteiger partial charge in [-0.25, -0.2) is 0 Å². The molecule has 0 radical (unpaired) electrons. The number of benzene rings is 1. The van der Waals surface area contributed by atoms with Crippen LogP contribution in [0.5, 0.6) is 11.5 Å². The van der Waals surface area contributed by atoms with Crippen LogP contribution in [0.1, 0.15) is 44.4 Å². The van der Waals surface area contributed by atoms with Crippen LogP contribution in [-0.2, 0) is 24.1 Å². The van der Waals surface area contributed by atoms with Gasteiger partial charge in [-0.05, 0) is 40.2 Å². The van der Waals surface area contributed by atoms with E-state index in [1.54, 1.807) is 13.8 Å². The standard InChI is InChI=1S/C17H22O4/c1-9-5-11-7-14-12(6-10(2)20-14)13(15(11)21-9)8-17(3,4)16(18)19/h7,9-10H,5-6,8H2,1-4H3,(H,18,19). The Balaban J connectivity index is 2.09. The molecule has 4 heteroatoms. The van der Waals surface area contributed by atoms with Gasteiger partial charge in [0, 0.05) is 29.5 Å². The van der Waals surface area contributed by atoms with Crippen LogP contribution in [0.2, 0.25) is 0 Å². The number of carboxylic acid groups (broad SMARTS) is 1. The van der Waals surface area contributed by atoms with Gasteiger partial charge in [0.2, 0.25) is 0 Å². The van der Waals surface area contributed by atoms with E-state index in [0.717, 1.165) is 41.0 Å². The van der Waals surface area contributed by atoms with Crippen LogP contribution < -0.4 is 9.47 Å². The summed E-state index contributed by atoms with van der Waals surface area (Å²) in [5, 5.41) is 9.43. The Hall–Kier alpha value is -1.71. The smallest absolute Gasteiger partial charge is 0.309 e. The number of ether oxygens (including phenoxy) is 2. The molecule has 0 saturated carbocycles. The molecule has 0 bridgehead atoms. The zero-order valence-electron chi connectivity index (χ0n) is 13.0. The maximum atomic E-state index is 11.5. The van der Waals surface area contributed by atoms with Gasteiger partial charge < -0.3 is 14.6 Å². The Morgan fingerprint density at radius 2 is 1.95 bits per heavy atom. The quantitative estimate of drug-likeness (QED) is 0.929. The molecule has 2 unspecified atom stereocenters. The van der Waals surface area contributed by atoms with Gasteiger partial charge in [0.1, 0.15) is 23.7 Å². The lowest BCUT2D eigenvalue weighted by Gasteiger charge is -2.22. The number of hydrogen-bond acceptors (Lipinski definition) is 3. The van der Waals surface area contributed by atoms with Crippen molar-refractivity contribution in [3.63, 3.8) is 0 Å². The highest BCUT2D eigenvalue weighted by molar-refractivity contribution is 5.74. The molecule has 0 amide bonds. The van der Waals surface area contributed by atoms with Crippen molar-refractivity contribution in [2.75, 3.05) is 0 Å². The number of aliphatic carboxylic acids is 1. The van der Waals surface area contributed by atoms with Crippen molar-refractivity contribution in [1.29, 1.82) is 0 Å². The van der Waals surface area contributed by atoms with Crippen molar-refractivity contribution < 1.29 is 19.4 Å². The highest BCUT2D eigenvalue weighted by Crippen LogP contribution is 2.45. The van der Waals surface area contributed by atoms with Crippen LogP contribution >= 0.6 is 0 Å². The maximum Gasteiger partial charge on any atom is 0.309 e. The third kappa shape index (κ3) is 2.37. The Morgan fingerprint density at radius 1 is 1.29 bits per heavy atom. The van der Waals surface area contributed by atoms with Gasteiger partial charge in [-0.15, -0.1) is 0 Å². The topological polar surface area (TPSA) is 55.8 Å². The monoisotopic (exact) mass is 290 g/mol. The number of rotatable bonds is 3. The van der Waals surface area contributed by atoms with Gasteiger partial charge in [0.25, 0.3) is 0 Å². The second kappa shape index (κ2) is 4.65. The van der Waals surface area contributed by atoms with Gasteiger partial charge in [-0.2, -0.15) is 0 Å². The predicted molar refractivity (Wildman–Crippen MR) is 79.2 cm³/mol. The van der Waals surface area contributed by atoms with E-state index in [1.807, 2.05) is 13.8 Å². The molecule has 0 aliphatic carbocycles. The molecule has 21 heavy (non-hydrogen) atoms. The van der Waals surface area contributed by atoms with Crippen LogP contribution in [0.4, 0.5) is 0 Å². The van der Waals surface area contributed by atoms with Gasteiger partial charge in [-0.1, -0.05) is 0 Å². The Kier molecular flexibility index (Phi) is 3.15. The molecule has 2 aliphatic rings. The van der Waals surface area contributed by atoms with Gasteiger partial charge in [-0.3, -0.25) is 4.79 Å². The normalized spacial score (nSPS) is 23.2. The lowest BCUT2D eigenvalue weighted by atomic mass is 9.82. The van der Waals surface area contributed by atoms with Crippen LogP contribution in [-0.4, -0.2) is 23.3 Å². The first-order valence-electron chi connectivity index (χ1n) is 7.52. The van der Waals surface area contributed by atoms with Gasteiger partial charge in [0.15, 0.2) is 0 Å². The summed E-state index contributed by atoms with van der Waals surface area (Å²) in [7, 11) is 0. The molecule has 4 nitrogen and oxygen atoms in total. The molecule has 1 N–H and O–H groups in total. The molecule has 0 aromatic heterocycles. The summed E-state index contributed by atoms with van der Waals surface area (Å²) >= 11 is 0. The molecule has 0 fully saturated rings. The highest BCUT2D eigenvalue weighted by Gasteiger charge is 2.36. The summed E-state index contributed by atoms with van der Waals surface area (Å²) in [4.78, 5) is 11.5. The lowest BCUT2D eigenvalue weighted by Crippen LogP contribution is -2.27. The van der Waals surface area contributed by atoms with Gasteiger partial charge in [0.05, 0.1) is 5.41 Å². The fourth-order valence-electron chi connectivity index (χ4n) is 3.22. The molecule has 3 rings (SSSR count). The van der Waals surface area contributed by atoms with Crippen molar-refractivity contribution in [3.05, 3.63) is 22.8 Å². The van der Waals surface area contributed by atoms with E-state index in [1.165, 1.54) is 0 Å². The molecule has 1 aromatic carbocycles. The summed E-state index contributed by atoms with van der Waals surface area (Å²) in [5.74, 6) is 1.02. The Morgan fingerprint density at radius 3 is 2.62 bits per heavy atom. The van der Waals surface area contributed by atoms with Crippen molar-refractivity contribution in [3.8, 4) is 11.5 Å². The first-order chi connectivity index (χ1) is 9.78. The summed E-state index contributed by atoms with van der Waals surface area (Å²) in [5.41, 5.74) is 2.49. The van der Waals surface area contributed by atoms with Crippen LogP contribution in [0.25, 0.3) is 0 Å². The maximum absolute atomic E-state index is 11.5. The SMILES string of the molecule is CC1Cc2c(cc3c(c2CC(C)(C)C(=O)O)OC(C)C3)O1. The first kappa shape index (κ1) is 14.2. The van der Waals surface area contributed by atoms with Crippen LogP contribution in [0.15, 0.2) is 6.07 Å². The average molecular weight is 290 g/mol. The fourth-order valence-corrected chi connectivity index (χ4v) is 3.22. The molecule has 1 aromatic rings. The second-order valence-corrected chi connectivity index (χ2v) is 6.95. The molecule has 0 saturated heterocycles. The predicted octanol–water partition coefficient (Wildman–Crippen LogP) is 2.99. The molecule has 2 aliphatic heterocycles. The van der Waals surface area contributed by atoms with Crippen molar-refractivity contribution in [2.24, 2.45) is 5.41 Å². The fraction of sp³-hybridized carbons (Fsp3) is 0.588. The van der Waals surface area contributed by atoms with Crippen LogP contribution in [0, 0.1) is 5.41 Å². The number of carboxylic acids is 1. The zero-order valence-corrected chi connectivity index (χ0v) is 13.0. The molecule has 2 atom stereocenters. The molecule has 2 heterocycles. The summed E-state index contributed by atoms with van der Waals surface area (Å²) in [6.45, 7) is 7.61. The van der Waals surface area contributed by atoms with E-state index in [4.69, 9.17) is 9.47 Å². The van der Waals surface area contributed by atoms with E-state index in [2.05, 4.69) is 6.07 Å². The minimum Gasteiger partial charge on any atom is -0.490 e. The van der Waals surface area contributed by atoms with E-state index >= 15 is 0 Å². The van der Waals surface area contributed by atoms with E-state index in [-0.39, 0.29) is 12.2 Å². The van der Waals surface area contributed by atoms with Crippen molar-refractivity contribution in [1.82, 2.24) is 0 Å². The van der Waals surface area contributed by atoms with Crippen molar-refractivity contribution in [2.45, 2.75) is 59.2 Å². The summed E-state index contributed by atoms with van der Waals surface area (Å²) in [6, 6.07) is 2.08. The van der Waals surface area contributed by atoms with E-state index < -0.39 is 11.4 Å². The minimum absolute atomic E-state index is 0.145. The summed E-state index contributed by atoms with van der Waals surface area (Å²) in [6.07, 6.45) is 2.45. The van der Waals surface area contributed by atoms with E-state index in [0.29, 0.717) is 6.42 Å². The molecule has 114 valence electrons. The van der Waals surface area contributed by atoms with Crippen molar-refractivity contribution >= 4 is 5.97 Å². The average Bonchev–Trinajstić information content (AvgIpc) is 2.90. The third-order valence-electron chi connectivity index (χ3n) is 4.38. The summed E-state index contributed by atoms with van der Waals surface area (Å²) < 4.78 is 11.9. The number of fused-ring (bicyclic) bond motifs is 2. The Labute approximate surface area is 125 Å². The second-order valence-electron chi connectivity index (χ2n) is 6.95. The lowest BCUT2D eigenvalue weighted by molar-refractivity contribution is -0.146. The zero-order chi connectivity index (χ0) is 15.4. The first-order valence-corrected chi connectivity index (χ1v) is 7.52. The molecular weight excluding hydrogens is 268 g/mol. The number of hydrogen-bond donors (Lipinski definition) is 1. The Bertz CT molecular complexity index is 567. The van der Waals surface area contributed by atoms with Gasteiger partial charge >= 0.3 is 5.97 Å². The molecule has 0 spiro atoms. The van der Waals surface area contributed by atoms with Crippen LogP contribution in [0.3, 0.4) is 0 Å². The molecular formula is C17H22O4. The highest BCUT2D eigenvalue weighted by atomic mass is 16.5. The largest absolute Gasteiger partial charge is 0.490 e. The number of carbonyl (C=O) groups is 1. The third-order valence-corrected chi connectivity index (χ3v) is 4.38. The van der Waals surface area contributed by atoms with E-state index in [9.17, 15) is 9.90 Å². The minimum atomic E-state index is -0.816.